The first-order valence-corrected chi connectivity index (χ1v) is 12.4. The van der Waals surface area contributed by atoms with Crippen LogP contribution in [0, 0.1) is 0 Å². The van der Waals surface area contributed by atoms with Gasteiger partial charge < -0.3 is 38.5 Å². The van der Waals surface area contributed by atoms with Crippen molar-refractivity contribution in [1.82, 2.24) is 5.32 Å². The second-order valence-electron chi connectivity index (χ2n) is 8.67. The third-order valence-corrected chi connectivity index (χ3v) is 6.48. The highest BCUT2D eigenvalue weighted by atomic mass is 79.9. The molecule has 0 aromatic rings. The van der Waals surface area contributed by atoms with Crippen molar-refractivity contribution >= 4 is 57.7 Å². The lowest BCUT2D eigenvalue weighted by Crippen LogP contribution is -2.79. The topological polar surface area (TPSA) is 196 Å². The number of ether oxygens (including phenoxy) is 7. The van der Waals surface area contributed by atoms with Crippen molar-refractivity contribution in [1.29, 1.82) is 0 Å². The van der Waals surface area contributed by atoms with Crippen LogP contribution in [0.25, 0.3) is 0 Å². The maximum Gasteiger partial charge on any atom is 0.381 e. The van der Waals surface area contributed by atoms with Gasteiger partial charge in [0.15, 0.2) is 12.2 Å². The number of hydrogen-bond donors (Lipinski definition) is 1. The number of rotatable bonds is 10. The first-order chi connectivity index (χ1) is 17.9. The number of alkyl halides is 1. The van der Waals surface area contributed by atoms with Crippen molar-refractivity contribution in [2.45, 2.75) is 89.0 Å². The molecule has 0 unspecified atom stereocenters. The first-order valence-electron chi connectivity index (χ1n) is 11.5. The van der Waals surface area contributed by atoms with Gasteiger partial charge >= 0.3 is 41.6 Å². The molecule has 16 heteroatoms. The summed E-state index contributed by atoms with van der Waals surface area (Å²) in [5.41, 5.74) is -2.22. The molecule has 1 amide bonds. The lowest BCUT2D eigenvalue weighted by atomic mass is 9.78. The van der Waals surface area contributed by atoms with Gasteiger partial charge in [-0.2, -0.15) is 0 Å². The van der Waals surface area contributed by atoms with Crippen LogP contribution in [0.1, 0.15) is 48.5 Å². The van der Waals surface area contributed by atoms with Gasteiger partial charge in [-0.3, -0.25) is 28.8 Å². The highest BCUT2D eigenvalue weighted by Crippen LogP contribution is 2.46. The average molecular weight is 626 g/mol. The van der Waals surface area contributed by atoms with Crippen LogP contribution < -0.4 is 5.32 Å². The van der Waals surface area contributed by atoms with E-state index in [4.69, 9.17) is 33.2 Å². The predicted octanol–water partition coefficient (Wildman–Crippen LogP) is -0.166. The summed E-state index contributed by atoms with van der Waals surface area (Å²) in [5, 5.41) is 2.53. The van der Waals surface area contributed by atoms with E-state index < -0.39 is 88.9 Å². The van der Waals surface area contributed by atoms with Crippen molar-refractivity contribution in [3.63, 3.8) is 0 Å². The molecule has 1 saturated heterocycles. The van der Waals surface area contributed by atoms with Crippen LogP contribution in [0.3, 0.4) is 0 Å². The monoisotopic (exact) mass is 625 g/mol. The molecule has 0 aromatic heterocycles. The summed E-state index contributed by atoms with van der Waals surface area (Å²) in [6.07, 6.45) is -4.95. The Morgan fingerprint density at radius 1 is 0.872 bits per heavy atom. The summed E-state index contributed by atoms with van der Waals surface area (Å²) in [5.74, 6) is -9.22. The second-order valence-corrected chi connectivity index (χ2v) is 9.66. The number of methoxy groups -OCH3 is 1. The van der Waals surface area contributed by atoms with E-state index in [2.05, 4.69) is 21.2 Å². The molecule has 1 aliphatic heterocycles. The average Bonchev–Trinajstić information content (AvgIpc) is 2.78. The quantitative estimate of drug-likeness (QED) is 0.191. The van der Waals surface area contributed by atoms with E-state index >= 15 is 0 Å². The molecule has 1 aliphatic rings. The molecule has 220 valence electrons. The fourth-order valence-electron chi connectivity index (χ4n) is 4.12. The molecule has 39 heavy (non-hydrogen) atoms. The second kappa shape index (κ2) is 13.7. The molecular formula is C23H32BrNO14. The molecular weight excluding hydrogens is 594 g/mol. The van der Waals surface area contributed by atoms with E-state index in [0.29, 0.717) is 0 Å². The molecule has 0 saturated carbocycles. The Morgan fingerprint density at radius 2 is 1.44 bits per heavy atom. The number of esters is 6. The summed E-state index contributed by atoms with van der Waals surface area (Å²) in [4.78, 5) is 84.1. The number of hydrogen-bond acceptors (Lipinski definition) is 14. The normalized spacial score (nSPS) is 27.6. The first kappa shape index (κ1) is 33.8. The van der Waals surface area contributed by atoms with Gasteiger partial charge in [-0.15, -0.1) is 0 Å². The third-order valence-electron chi connectivity index (χ3n) is 5.36. The number of halogens is 1. The summed E-state index contributed by atoms with van der Waals surface area (Å²) in [6, 6.07) is -1.48. The van der Waals surface area contributed by atoms with Crippen LogP contribution in [0.2, 0.25) is 0 Å². The standard InChI is InChI=1S/C23H32BrNO14/c1-10(26)25-19-17(36-13(4)29)18(24)23(21(32)33-8,38-15(6)31)39-22(19,7)20(37-14(5)30)16(35-12(3)28)9-34-11(2)27/h16-20H,9H2,1-8H3,(H,25,26)/t16-,17+,18+,19-,20-,22-,23-/m1/s1. The predicted molar refractivity (Wildman–Crippen MR) is 130 cm³/mol. The van der Waals surface area contributed by atoms with E-state index in [0.717, 1.165) is 48.7 Å². The van der Waals surface area contributed by atoms with Crippen molar-refractivity contribution in [3.8, 4) is 0 Å². The van der Waals surface area contributed by atoms with E-state index in [1.807, 2.05) is 0 Å². The molecule has 1 fully saturated rings. The van der Waals surface area contributed by atoms with Crippen LogP contribution in [0.5, 0.6) is 0 Å². The Kier molecular flexibility index (Phi) is 11.8. The lowest BCUT2D eigenvalue weighted by Gasteiger charge is -2.55. The van der Waals surface area contributed by atoms with Gasteiger partial charge in [0, 0.05) is 41.5 Å². The fourth-order valence-corrected chi connectivity index (χ4v) is 4.91. The number of carbonyl (C=O) groups excluding carboxylic acids is 7. The van der Waals surface area contributed by atoms with Crippen LogP contribution >= 0.6 is 15.9 Å². The van der Waals surface area contributed by atoms with Crippen molar-refractivity contribution in [2.75, 3.05) is 13.7 Å². The maximum atomic E-state index is 13.1. The van der Waals surface area contributed by atoms with Crippen molar-refractivity contribution in [3.05, 3.63) is 0 Å². The molecule has 1 heterocycles. The van der Waals surface area contributed by atoms with Gasteiger partial charge in [0.1, 0.15) is 23.1 Å². The van der Waals surface area contributed by atoms with Crippen molar-refractivity contribution < 1.29 is 66.7 Å². The zero-order chi connectivity index (χ0) is 30.3. The number of carbonyl (C=O) groups is 7. The minimum atomic E-state index is -2.70. The Labute approximate surface area is 232 Å². The summed E-state index contributed by atoms with van der Waals surface area (Å²) in [7, 11) is 0.959. The van der Waals surface area contributed by atoms with Crippen LogP contribution in [-0.2, 0) is 66.7 Å². The number of amides is 1. The van der Waals surface area contributed by atoms with Gasteiger partial charge in [-0.25, -0.2) is 4.79 Å². The van der Waals surface area contributed by atoms with E-state index in [1.54, 1.807) is 0 Å². The van der Waals surface area contributed by atoms with Gasteiger partial charge in [0.2, 0.25) is 5.91 Å². The zero-order valence-corrected chi connectivity index (χ0v) is 24.3. The highest BCUT2D eigenvalue weighted by molar-refractivity contribution is 9.09. The Morgan fingerprint density at radius 3 is 1.85 bits per heavy atom. The van der Waals surface area contributed by atoms with Gasteiger partial charge in [0.05, 0.1) is 13.2 Å². The van der Waals surface area contributed by atoms with E-state index in [-0.39, 0.29) is 0 Å². The lowest BCUT2D eigenvalue weighted by molar-refractivity contribution is -0.330. The Balaban J connectivity index is 4.09. The molecule has 1 rings (SSSR count). The van der Waals surface area contributed by atoms with Crippen molar-refractivity contribution in [2.24, 2.45) is 0 Å². The molecule has 1 N–H and O–H groups in total. The van der Waals surface area contributed by atoms with E-state index in [1.165, 1.54) is 6.92 Å². The summed E-state index contributed by atoms with van der Waals surface area (Å²) in [6.45, 7) is 6.74. The van der Waals surface area contributed by atoms with Gasteiger partial charge in [0.25, 0.3) is 0 Å². The molecule has 7 atom stereocenters. The smallest absolute Gasteiger partial charge is 0.381 e. The summed E-state index contributed by atoms with van der Waals surface area (Å²) >= 11 is 3.19. The number of nitrogens with one attached hydrogen (secondary N) is 1. The minimum absolute atomic E-state index is 0.673. The largest absolute Gasteiger partial charge is 0.464 e. The zero-order valence-electron chi connectivity index (χ0n) is 22.7. The highest BCUT2D eigenvalue weighted by Gasteiger charge is 2.70. The van der Waals surface area contributed by atoms with Gasteiger partial charge in [-0.1, -0.05) is 15.9 Å². The minimum Gasteiger partial charge on any atom is -0.464 e. The van der Waals surface area contributed by atoms with Gasteiger partial charge in [-0.05, 0) is 6.92 Å². The SMILES string of the molecule is COC(=O)[C@]1(OC(C)=O)O[C@@](C)([C@H](OC(C)=O)[C@@H](COC(C)=O)OC(C)=O)[C@H](NC(C)=O)[C@@H](OC(C)=O)[C@@H]1Br. The fraction of sp³-hybridized carbons (Fsp3) is 0.696. The molecule has 0 aliphatic carbocycles. The molecule has 0 spiro atoms. The molecule has 15 nitrogen and oxygen atoms in total. The van der Waals surface area contributed by atoms with Crippen LogP contribution in [-0.4, -0.2) is 96.0 Å². The Bertz CT molecular complexity index is 1000. The van der Waals surface area contributed by atoms with Crippen LogP contribution in [0.15, 0.2) is 0 Å². The Hall–Kier alpha value is -3.27. The third kappa shape index (κ3) is 8.36. The van der Waals surface area contributed by atoms with Crippen LogP contribution in [0.4, 0.5) is 0 Å². The maximum absolute atomic E-state index is 13.1. The molecule has 0 bridgehead atoms. The molecule has 0 radical (unpaired) electrons. The van der Waals surface area contributed by atoms with E-state index in [9.17, 15) is 33.6 Å². The molecule has 0 aromatic carbocycles. The summed E-state index contributed by atoms with van der Waals surface area (Å²) < 4.78 is 37.4.